The maximum atomic E-state index is 5.62. The van der Waals surface area contributed by atoms with Gasteiger partial charge in [0.05, 0.1) is 12.8 Å². The number of para-hydroxylation sites is 2. The van der Waals surface area contributed by atoms with Crippen LogP contribution >= 0.6 is 0 Å². The van der Waals surface area contributed by atoms with Gasteiger partial charge >= 0.3 is 0 Å². The highest BCUT2D eigenvalue weighted by molar-refractivity contribution is 5.56. The summed E-state index contributed by atoms with van der Waals surface area (Å²) in [6, 6.07) is 8.18. The molecule has 0 amide bonds. The summed E-state index contributed by atoms with van der Waals surface area (Å²) in [6.07, 6.45) is 1.01. The van der Waals surface area contributed by atoms with Crippen LogP contribution in [-0.4, -0.2) is 19.7 Å². The van der Waals surface area contributed by atoms with Gasteiger partial charge in [-0.15, -0.1) is 0 Å². The fourth-order valence-electron chi connectivity index (χ4n) is 1.31. The van der Waals surface area contributed by atoms with Gasteiger partial charge in [-0.1, -0.05) is 19.1 Å². The lowest BCUT2D eigenvalue weighted by atomic mass is 10.2. The first-order valence-corrected chi connectivity index (χ1v) is 4.91. The second-order valence-electron chi connectivity index (χ2n) is 3.19. The first-order chi connectivity index (χ1) is 6.81. The van der Waals surface area contributed by atoms with Crippen LogP contribution in [0.25, 0.3) is 0 Å². The highest BCUT2D eigenvalue weighted by Gasteiger charge is 2.06. The van der Waals surface area contributed by atoms with E-state index in [1.165, 1.54) is 0 Å². The molecule has 3 heteroatoms. The molecule has 1 aromatic rings. The maximum Gasteiger partial charge on any atom is 0.141 e. The molecule has 0 saturated heterocycles. The molecule has 0 aliphatic carbocycles. The quantitative estimate of drug-likeness (QED) is 0.752. The second kappa shape index (κ2) is 5.50. The summed E-state index contributed by atoms with van der Waals surface area (Å²) in [5.74, 6) is 0.861. The molecule has 0 aliphatic heterocycles. The van der Waals surface area contributed by atoms with Gasteiger partial charge in [0.1, 0.15) is 5.75 Å². The summed E-state index contributed by atoms with van der Waals surface area (Å²) < 4.78 is 5.23. The Morgan fingerprint density at radius 1 is 1.43 bits per heavy atom. The molecule has 3 N–H and O–H groups in total. The van der Waals surface area contributed by atoms with E-state index in [0.717, 1.165) is 17.9 Å². The summed E-state index contributed by atoms with van der Waals surface area (Å²) in [5.41, 5.74) is 6.63. The third-order valence-electron chi connectivity index (χ3n) is 2.24. The lowest BCUT2D eigenvalue weighted by Gasteiger charge is -2.17. The summed E-state index contributed by atoms with van der Waals surface area (Å²) in [5, 5.41) is 3.35. The lowest BCUT2D eigenvalue weighted by Crippen LogP contribution is -2.28. The molecule has 1 rings (SSSR count). The van der Waals surface area contributed by atoms with Gasteiger partial charge in [0, 0.05) is 12.6 Å². The second-order valence-corrected chi connectivity index (χ2v) is 3.19. The highest BCUT2D eigenvalue weighted by atomic mass is 16.5. The molecular weight excluding hydrogens is 176 g/mol. The van der Waals surface area contributed by atoms with Crippen LogP contribution in [0.2, 0.25) is 0 Å². The van der Waals surface area contributed by atoms with Gasteiger partial charge < -0.3 is 15.8 Å². The predicted molar refractivity (Wildman–Crippen MR) is 59.8 cm³/mol. The van der Waals surface area contributed by atoms with Gasteiger partial charge in [-0.05, 0) is 18.6 Å². The number of methoxy groups -OCH3 is 1. The number of nitrogens with two attached hydrogens (primary N) is 1. The summed E-state index contributed by atoms with van der Waals surface area (Å²) in [6.45, 7) is 2.74. The zero-order valence-corrected chi connectivity index (χ0v) is 8.79. The molecule has 78 valence electrons. The van der Waals surface area contributed by atoms with Gasteiger partial charge in [-0.3, -0.25) is 0 Å². The predicted octanol–water partition coefficient (Wildman–Crippen LogP) is 1.84. The normalized spacial score (nSPS) is 12.2. The molecule has 1 atom stereocenters. The largest absolute Gasteiger partial charge is 0.495 e. The molecular formula is C11H18N2O. The standard InChI is InChI=1S/C11H18N2O/c1-3-9(8-12)13-10-6-4-5-7-11(10)14-2/h4-7,9,13H,3,8,12H2,1-2H3. The van der Waals surface area contributed by atoms with Gasteiger partial charge in [0.2, 0.25) is 0 Å². The van der Waals surface area contributed by atoms with Crippen molar-refractivity contribution in [1.82, 2.24) is 0 Å². The first kappa shape index (κ1) is 10.9. The van der Waals surface area contributed by atoms with Crippen molar-refractivity contribution in [1.29, 1.82) is 0 Å². The summed E-state index contributed by atoms with van der Waals surface area (Å²) in [7, 11) is 1.67. The lowest BCUT2D eigenvalue weighted by molar-refractivity contribution is 0.416. The van der Waals surface area contributed by atoms with E-state index >= 15 is 0 Å². The SMILES string of the molecule is CCC(CN)Nc1ccccc1OC. The van der Waals surface area contributed by atoms with Crippen LogP contribution in [-0.2, 0) is 0 Å². The molecule has 0 radical (unpaired) electrons. The highest BCUT2D eigenvalue weighted by Crippen LogP contribution is 2.23. The van der Waals surface area contributed by atoms with Crippen molar-refractivity contribution in [2.45, 2.75) is 19.4 Å². The fraction of sp³-hybridized carbons (Fsp3) is 0.455. The van der Waals surface area contributed by atoms with Gasteiger partial charge in [0.15, 0.2) is 0 Å². The smallest absolute Gasteiger partial charge is 0.141 e. The molecule has 14 heavy (non-hydrogen) atoms. The van der Waals surface area contributed by atoms with Crippen LogP contribution < -0.4 is 15.8 Å². The molecule has 0 fully saturated rings. The number of benzene rings is 1. The van der Waals surface area contributed by atoms with E-state index in [2.05, 4.69) is 12.2 Å². The average molecular weight is 194 g/mol. The average Bonchev–Trinajstić information content (AvgIpc) is 2.26. The fourth-order valence-corrected chi connectivity index (χ4v) is 1.31. The van der Waals surface area contributed by atoms with E-state index in [1.807, 2.05) is 24.3 Å². The molecule has 1 aromatic carbocycles. The Bertz CT molecular complexity index is 272. The minimum atomic E-state index is 0.311. The molecule has 0 spiro atoms. The minimum Gasteiger partial charge on any atom is -0.495 e. The maximum absolute atomic E-state index is 5.62. The van der Waals surface area contributed by atoms with Crippen molar-refractivity contribution < 1.29 is 4.74 Å². The minimum absolute atomic E-state index is 0.311. The molecule has 0 aliphatic rings. The Morgan fingerprint density at radius 3 is 2.71 bits per heavy atom. The van der Waals surface area contributed by atoms with E-state index in [1.54, 1.807) is 7.11 Å². The Morgan fingerprint density at radius 2 is 2.14 bits per heavy atom. The van der Waals surface area contributed by atoms with E-state index in [0.29, 0.717) is 12.6 Å². The molecule has 0 bridgehead atoms. The van der Waals surface area contributed by atoms with E-state index in [4.69, 9.17) is 10.5 Å². The van der Waals surface area contributed by atoms with E-state index in [9.17, 15) is 0 Å². The number of nitrogens with one attached hydrogen (secondary N) is 1. The molecule has 1 unspecified atom stereocenters. The Balaban J connectivity index is 2.74. The van der Waals surface area contributed by atoms with Crippen LogP contribution in [0.5, 0.6) is 5.75 Å². The van der Waals surface area contributed by atoms with Crippen LogP contribution in [0.15, 0.2) is 24.3 Å². The van der Waals surface area contributed by atoms with Crippen LogP contribution in [0.3, 0.4) is 0 Å². The number of hydrogen-bond donors (Lipinski definition) is 2. The molecule has 0 heterocycles. The zero-order chi connectivity index (χ0) is 10.4. The van der Waals surface area contributed by atoms with E-state index < -0.39 is 0 Å². The van der Waals surface area contributed by atoms with Crippen molar-refractivity contribution in [2.24, 2.45) is 5.73 Å². The van der Waals surface area contributed by atoms with Crippen molar-refractivity contribution in [3.8, 4) is 5.75 Å². The summed E-state index contributed by atoms with van der Waals surface area (Å²) in [4.78, 5) is 0. The Labute approximate surface area is 85.3 Å². The van der Waals surface area contributed by atoms with Gasteiger partial charge in [-0.25, -0.2) is 0 Å². The van der Waals surface area contributed by atoms with Gasteiger partial charge in [0.25, 0.3) is 0 Å². The Hall–Kier alpha value is -1.22. The number of ether oxygens (including phenoxy) is 1. The third-order valence-corrected chi connectivity index (χ3v) is 2.24. The third kappa shape index (κ3) is 2.64. The van der Waals surface area contributed by atoms with Crippen molar-refractivity contribution >= 4 is 5.69 Å². The number of rotatable bonds is 5. The molecule has 0 saturated carbocycles. The van der Waals surface area contributed by atoms with Crippen LogP contribution in [0.4, 0.5) is 5.69 Å². The number of hydrogen-bond acceptors (Lipinski definition) is 3. The van der Waals surface area contributed by atoms with Crippen molar-refractivity contribution in [2.75, 3.05) is 19.0 Å². The van der Waals surface area contributed by atoms with Crippen molar-refractivity contribution in [3.63, 3.8) is 0 Å². The van der Waals surface area contributed by atoms with Crippen LogP contribution in [0, 0.1) is 0 Å². The molecule has 3 nitrogen and oxygen atoms in total. The zero-order valence-electron chi connectivity index (χ0n) is 8.79. The topological polar surface area (TPSA) is 47.3 Å². The summed E-state index contributed by atoms with van der Waals surface area (Å²) >= 11 is 0. The Kier molecular flexibility index (Phi) is 4.26. The first-order valence-electron chi connectivity index (χ1n) is 4.91. The van der Waals surface area contributed by atoms with Crippen LogP contribution in [0.1, 0.15) is 13.3 Å². The monoisotopic (exact) mass is 194 g/mol. The van der Waals surface area contributed by atoms with E-state index in [-0.39, 0.29) is 0 Å². The number of anilines is 1. The van der Waals surface area contributed by atoms with Crippen molar-refractivity contribution in [3.05, 3.63) is 24.3 Å². The molecule has 0 aromatic heterocycles. The van der Waals surface area contributed by atoms with Gasteiger partial charge in [-0.2, -0.15) is 0 Å².